The fourth-order valence-electron chi connectivity index (χ4n) is 5.49. The van der Waals surface area contributed by atoms with E-state index < -0.39 is 5.54 Å². The molecule has 180 valence electrons. The van der Waals surface area contributed by atoms with Crippen molar-refractivity contribution in [3.05, 3.63) is 0 Å². The third kappa shape index (κ3) is 7.18. The number of hydrogen-bond donors (Lipinski definition) is 1. The summed E-state index contributed by atoms with van der Waals surface area (Å²) >= 11 is 0. The summed E-state index contributed by atoms with van der Waals surface area (Å²) in [5.41, 5.74) is -0.823. The van der Waals surface area contributed by atoms with Crippen LogP contribution in [0.3, 0.4) is 0 Å². The van der Waals surface area contributed by atoms with Crippen LogP contribution in [0.2, 0.25) is 0 Å². The molecule has 1 aliphatic carbocycles. The maximum atomic E-state index is 13.4. The van der Waals surface area contributed by atoms with Crippen LogP contribution in [-0.4, -0.2) is 73.1 Å². The Morgan fingerprint density at radius 1 is 1.16 bits per heavy atom. The highest BCUT2D eigenvalue weighted by molar-refractivity contribution is 5.86. The predicted octanol–water partition coefficient (Wildman–Crippen LogP) is 3.10. The summed E-state index contributed by atoms with van der Waals surface area (Å²) in [4.78, 5) is 30.5. The molecule has 0 aromatic rings. The number of nitriles is 1. The summed E-state index contributed by atoms with van der Waals surface area (Å²) in [5.74, 6) is 0.0916. The quantitative estimate of drug-likeness (QED) is 0.521. The average Bonchev–Trinajstić information content (AvgIpc) is 3.23. The highest BCUT2D eigenvalue weighted by atomic mass is 16.5. The van der Waals surface area contributed by atoms with E-state index in [0.29, 0.717) is 45.2 Å². The number of carbonyl (C=O) groups excluding carboxylic acids is 2. The van der Waals surface area contributed by atoms with Gasteiger partial charge >= 0.3 is 0 Å². The van der Waals surface area contributed by atoms with Crippen molar-refractivity contribution in [2.45, 2.75) is 83.1 Å². The van der Waals surface area contributed by atoms with Gasteiger partial charge in [0.15, 0.2) is 0 Å². The molecule has 1 N–H and O–H groups in total. The number of hydrogen-bond acceptors (Lipinski definition) is 5. The first-order chi connectivity index (χ1) is 15.5. The summed E-state index contributed by atoms with van der Waals surface area (Å²) in [7, 11) is 0. The van der Waals surface area contributed by atoms with Gasteiger partial charge in [-0.3, -0.25) is 14.5 Å². The number of unbranched alkanes of at least 4 members (excludes halogenated alkanes) is 2. The third-order valence-corrected chi connectivity index (χ3v) is 7.50. The summed E-state index contributed by atoms with van der Waals surface area (Å²) in [6.07, 6.45) is 11.1. The average molecular weight is 447 g/mol. The van der Waals surface area contributed by atoms with Crippen molar-refractivity contribution in [1.29, 1.82) is 5.26 Å². The molecule has 32 heavy (non-hydrogen) atoms. The highest BCUT2D eigenvalue weighted by Crippen LogP contribution is 2.31. The fraction of sp³-hybridized carbons (Fsp3) is 0.880. The van der Waals surface area contributed by atoms with Gasteiger partial charge in [0.2, 0.25) is 11.8 Å². The topological polar surface area (TPSA) is 85.7 Å². The minimum atomic E-state index is -0.823. The standard InChI is InChI=1S/C25H42N4O3/c1-2-3-7-11-28-12-10-25(19-26,20-28)27-24(31)22(17-21-8-5-4-6-9-21)18-23(30)29-13-15-32-16-14-29/h21-22H,2-18,20H2,1H3,(H,27,31). The summed E-state index contributed by atoms with van der Waals surface area (Å²) in [5, 5.41) is 13.1. The van der Waals surface area contributed by atoms with Gasteiger partial charge in [-0.2, -0.15) is 5.26 Å². The Labute approximate surface area is 193 Å². The van der Waals surface area contributed by atoms with E-state index in [4.69, 9.17) is 4.74 Å². The Kier molecular flexibility index (Phi) is 9.80. The van der Waals surface area contributed by atoms with Crippen molar-refractivity contribution in [3.63, 3.8) is 0 Å². The number of rotatable bonds is 10. The normalized spacial score (nSPS) is 25.9. The molecule has 7 heteroatoms. The molecule has 3 rings (SSSR count). The van der Waals surface area contributed by atoms with Crippen LogP contribution in [0.5, 0.6) is 0 Å². The second-order valence-electron chi connectivity index (χ2n) is 10.1. The molecule has 2 unspecified atom stereocenters. The first-order valence-electron chi connectivity index (χ1n) is 12.9. The van der Waals surface area contributed by atoms with E-state index in [9.17, 15) is 14.9 Å². The van der Waals surface area contributed by atoms with Crippen LogP contribution in [-0.2, 0) is 14.3 Å². The Morgan fingerprint density at radius 3 is 2.59 bits per heavy atom. The zero-order valence-corrected chi connectivity index (χ0v) is 19.9. The number of ether oxygens (including phenoxy) is 1. The van der Waals surface area contributed by atoms with Crippen molar-refractivity contribution in [2.24, 2.45) is 11.8 Å². The lowest BCUT2D eigenvalue weighted by Crippen LogP contribution is -2.52. The van der Waals surface area contributed by atoms with Crippen molar-refractivity contribution in [1.82, 2.24) is 15.1 Å². The predicted molar refractivity (Wildman–Crippen MR) is 124 cm³/mol. The molecule has 0 spiro atoms. The van der Waals surface area contributed by atoms with Crippen LogP contribution in [0.1, 0.15) is 77.6 Å². The van der Waals surface area contributed by atoms with E-state index in [2.05, 4.69) is 23.2 Å². The third-order valence-electron chi connectivity index (χ3n) is 7.50. The smallest absolute Gasteiger partial charge is 0.224 e. The molecule has 3 aliphatic rings. The van der Waals surface area contributed by atoms with Crippen LogP contribution in [0.4, 0.5) is 0 Å². The summed E-state index contributed by atoms with van der Waals surface area (Å²) in [6, 6.07) is 2.42. The molecule has 2 heterocycles. The summed E-state index contributed by atoms with van der Waals surface area (Å²) < 4.78 is 5.37. The maximum Gasteiger partial charge on any atom is 0.224 e. The molecule has 0 radical (unpaired) electrons. The van der Waals surface area contributed by atoms with E-state index in [-0.39, 0.29) is 24.2 Å². The Balaban J connectivity index is 1.62. The van der Waals surface area contributed by atoms with E-state index >= 15 is 0 Å². The SMILES string of the molecule is CCCCCN1CCC(C#N)(NC(=O)C(CC(=O)N2CCOCC2)CC2CCCCC2)C1. The maximum absolute atomic E-state index is 13.4. The van der Waals surface area contributed by atoms with Crippen molar-refractivity contribution in [3.8, 4) is 6.07 Å². The van der Waals surface area contributed by atoms with Crippen molar-refractivity contribution >= 4 is 11.8 Å². The van der Waals surface area contributed by atoms with Gasteiger partial charge in [-0.15, -0.1) is 0 Å². The largest absolute Gasteiger partial charge is 0.378 e. The van der Waals surface area contributed by atoms with Gasteiger partial charge in [0.25, 0.3) is 0 Å². The molecular formula is C25H42N4O3. The van der Waals surface area contributed by atoms with Gasteiger partial charge in [0, 0.05) is 38.5 Å². The van der Waals surface area contributed by atoms with Gasteiger partial charge in [0.1, 0.15) is 5.54 Å². The zero-order chi connectivity index (χ0) is 22.8. The van der Waals surface area contributed by atoms with Gasteiger partial charge < -0.3 is 15.0 Å². The van der Waals surface area contributed by atoms with E-state index in [1.54, 1.807) is 0 Å². The van der Waals surface area contributed by atoms with Gasteiger partial charge in [-0.1, -0.05) is 51.9 Å². The molecule has 0 bridgehead atoms. The second kappa shape index (κ2) is 12.6. The lowest BCUT2D eigenvalue weighted by atomic mass is 9.81. The van der Waals surface area contributed by atoms with Crippen LogP contribution >= 0.6 is 0 Å². The molecule has 7 nitrogen and oxygen atoms in total. The molecular weight excluding hydrogens is 404 g/mol. The lowest BCUT2D eigenvalue weighted by molar-refractivity contribution is -0.140. The minimum absolute atomic E-state index is 0.0443. The van der Waals surface area contributed by atoms with Crippen LogP contribution in [0.25, 0.3) is 0 Å². The number of carbonyl (C=O) groups is 2. The number of morpholine rings is 1. The Morgan fingerprint density at radius 2 is 1.91 bits per heavy atom. The van der Waals surface area contributed by atoms with E-state index in [0.717, 1.165) is 38.8 Å². The highest BCUT2D eigenvalue weighted by Gasteiger charge is 2.41. The molecule has 2 aliphatic heterocycles. The van der Waals surface area contributed by atoms with Gasteiger partial charge in [-0.25, -0.2) is 0 Å². The zero-order valence-electron chi connectivity index (χ0n) is 19.9. The number of amides is 2. The fourth-order valence-corrected chi connectivity index (χ4v) is 5.49. The number of nitrogens with zero attached hydrogens (tertiary/aromatic N) is 3. The Bertz CT molecular complexity index is 652. The first-order valence-corrected chi connectivity index (χ1v) is 12.9. The molecule has 3 fully saturated rings. The number of likely N-dealkylation sites (tertiary alicyclic amines) is 1. The van der Waals surface area contributed by atoms with Crippen molar-refractivity contribution < 1.29 is 14.3 Å². The molecule has 2 amide bonds. The summed E-state index contributed by atoms with van der Waals surface area (Å²) in [6.45, 7) is 6.94. The molecule has 0 aromatic carbocycles. The van der Waals surface area contributed by atoms with E-state index in [1.807, 2.05) is 4.90 Å². The van der Waals surface area contributed by atoms with E-state index in [1.165, 1.54) is 32.1 Å². The van der Waals surface area contributed by atoms with Crippen molar-refractivity contribution in [2.75, 3.05) is 45.9 Å². The molecule has 1 saturated carbocycles. The number of nitrogens with one attached hydrogen (secondary N) is 1. The first kappa shape index (κ1) is 25.0. The van der Waals surface area contributed by atoms with Crippen LogP contribution in [0.15, 0.2) is 0 Å². The van der Waals surface area contributed by atoms with Gasteiger partial charge in [0.05, 0.1) is 19.3 Å². The molecule has 2 saturated heterocycles. The minimum Gasteiger partial charge on any atom is -0.378 e. The monoisotopic (exact) mass is 446 g/mol. The van der Waals surface area contributed by atoms with Crippen LogP contribution < -0.4 is 5.32 Å². The van der Waals surface area contributed by atoms with Crippen LogP contribution in [0, 0.1) is 23.2 Å². The molecule has 2 atom stereocenters. The molecule has 0 aromatic heterocycles. The lowest BCUT2D eigenvalue weighted by Gasteiger charge is -2.32. The Hall–Kier alpha value is -1.65. The second-order valence-corrected chi connectivity index (χ2v) is 10.1. The van der Waals surface area contributed by atoms with Gasteiger partial charge in [-0.05, 0) is 31.7 Å².